The van der Waals surface area contributed by atoms with Crippen molar-refractivity contribution in [1.29, 1.82) is 0 Å². The summed E-state index contributed by atoms with van der Waals surface area (Å²) in [6.45, 7) is 5.75. The quantitative estimate of drug-likeness (QED) is 0.131. The molecule has 6 aromatic rings. The molecular formula is C39H38N4O3. The van der Waals surface area contributed by atoms with Gasteiger partial charge in [-0.25, -0.2) is 4.68 Å². The molecule has 46 heavy (non-hydrogen) atoms. The predicted molar refractivity (Wildman–Crippen MR) is 181 cm³/mol. The van der Waals surface area contributed by atoms with Crippen LogP contribution in [0.5, 0.6) is 17.2 Å². The first kappa shape index (κ1) is 30.6. The standard InChI is InChI=1S/C39H38N4O3/c1-28(2)32-19-20-36(44-3)33(23-32)34-24-35(39-40-41-42-43(39)22-21-29-13-7-4-8-14-29)38(46-27-31-17-11-6-12-18-31)25-37(34)45-26-30-15-9-5-10-16-30/h4-20,23-25,28H,21-22,26-27H2,1-3H3. The summed E-state index contributed by atoms with van der Waals surface area (Å²) in [4.78, 5) is 0. The Morgan fingerprint density at radius 3 is 1.76 bits per heavy atom. The summed E-state index contributed by atoms with van der Waals surface area (Å²) in [6, 6.07) is 41.0. The molecule has 1 heterocycles. The average molecular weight is 611 g/mol. The Morgan fingerprint density at radius 1 is 0.609 bits per heavy atom. The van der Waals surface area contributed by atoms with Crippen LogP contribution in [-0.2, 0) is 26.2 Å². The lowest BCUT2D eigenvalue weighted by Gasteiger charge is -2.20. The molecule has 0 aliphatic heterocycles. The van der Waals surface area contributed by atoms with E-state index in [0.29, 0.717) is 43.0 Å². The minimum absolute atomic E-state index is 0.330. The number of aromatic nitrogens is 4. The summed E-state index contributed by atoms with van der Waals surface area (Å²) >= 11 is 0. The lowest BCUT2D eigenvalue weighted by Crippen LogP contribution is -2.08. The Balaban J connectivity index is 1.48. The van der Waals surface area contributed by atoms with Gasteiger partial charge in [0, 0.05) is 23.7 Å². The molecule has 5 aromatic carbocycles. The second kappa shape index (κ2) is 14.6. The molecule has 0 unspecified atom stereocenters. The number of rotatable bonds is 13. The van der Waals surface area contributed by atoms with E-state index < -0.39 is 0 Å². The maximum absolute atomic E-state index is 6.58. The van der Waals surface area contributed by atoms with Crippen LogP contribution in [-0.4, -0.2) is 27.3 Å². The smallest absolute Gasteiger partial charge is 0.185 e. The van der Waals surface area contributed by atoms with Gasteiger partial charge in [0.05, 0.1) is 12.7 Å². The lowest BCUT2D eigenvalue weighted by atomic mass is 9.94. The van der Waals surface area contributed by atoms with Crippen LogP contribution >= 0.6 is 0 Å². The van der Waals surface area contributed by atoms with Crippen LogP contribution < -0.4 is 14.2 Å². The van der Waals surface area contributed by atoms with Crippen molar-refractivity contribution in [2.24, 2.45) is 0 Å². The van der Waals surface area contributed by atoms with E-state index in [1.165, 1.54) is 11.1 Å². The third kappa shape index (κ3) is 7.26. The molecule has 0 atom stereocenters. The summed E-state index contributed by atoms with van der Waals surface area (Å²) in [7, 11) is 1.70. The van der Waals surface area contributed by atoms with E-state index in [9.17, 15) is 0 Å². The number of benzene rings is 5. The van der Waals surface area contributed by atoms with Gasteiger partial charge >= 0.3 is 0 Å². The molecule has 0 saturated heterocycles. The number of aryl methyl sites for hydroxylation is 2. The molecule has 0 amide bonds. The molecular weight excluding hydrogens is 572 g/mol. The zero-order valence-electron chi connectivity index (χ0n) is 26.5. The fraction of sp³-hybridized carbons (Fsp3) is 0.205. The number of ether oxygens (including phenoxy) is 3. The predicted octanol–water partition coefficient (Wildman–Crippen LogP) is 8.54. The number of hydrogen-bond donors (Lipinski definition) is 0. The average Bonchev–Trinajstić information content (AvgIpc) is 3.58. The molecule has 0 saturated carbocycles. The zero-order valence-corrected chi connectivity index (χ0v) is 26.5. The van der Waals surface area contributed by atoms with Gasteiger partial charge in [-0.05, 0) is 63.2 Å². The fourth-order valence-corrected chi connectivity index (χ4v) is 5.38. The van der Waals surface area contributed by atoms with Crippen LogP contribution in [0, 0.1) is 0 Å². The van der Waals surface area contributed by atoms with Crippen molar-refractivity contribution in [2.75, 3.05) is 7.11 Å². The molecule has 6 rings (SSSR count). The summed E-state index contributed by atoms with van der Waals surface area (Å²) in [5, 5.41) is 13.0. The molecule has 7 heteroatoms. The van der Waals surface area contributed by atoms with Gasteiger partial charge in [-0.1, -0.05) is 111 Å². The highest BCUT2D eigenvalue weighted by Gasteiger charge is 2.22. The van der Waals surface area contributed by atoms with Crippen molar-refractivity contribution >= 4 is 0 Å². The number of methoxy groups -OCH3 is 1. The van der Waals surface area contributed by atoms with Crippen LogP contribution in [0.1, 0.15) is 42.0 Å². The Morgan fingerprint density at radius 2 is 1.17 bits per heavy atom. The van der Waals surface area contributed by atoms with Crippen LogP contribution in [0.15, 0.2) is 121 Å². The first-order valence-electron chi connectivity index (χ1n) is 15.6. The topological polar surface area (TPSA) is 71.3 Å². The van der Waals surface area contributed by atoms with Gasteiger partial charge in [0.25, 0.3) is 0 Å². The molecule has 0 bridgehead atoms. The van der Waals surface area contributed by atoms with Gasteiger partial charge in [-0.3, -0.25) is 0 Å². The minimum atomic E-state index is 0.330. The highest BCUT2D eigenvalue weighted by Crippen LogP contribution is 2.44. The maximum atomic E-state index is 6.58. The molecule has 0 spiro atoms. The molecule has 0 N–H and O–H groups in total. The normalized spacial score (nSPS) is 11.0. The van der Waals surface area contributed by atoms with Crippen molar-refractivity contribution in [2.45, 2.75) is 45.9 Å². The Labute approximate surface area is 270 Å². The molecule has 7 nitrogen and oxygen atoms in total. The SMILES string of the molecule is COc1ccc(C(C)C)cc1-c1cc(-c2nnnn2CCc2ccccc2)c(OCc2ccccc2)cc1OCc1ccccc1. The first-order valence-corrected chi connectivity index (χ1v) is 15.6. The first-order chi connectivity index (χ1) is 22.6. The van der Waals surface area contributed by atoms with E-state index >= 15 is 0 Å². The summed E-state index contributed by atoms with van der Waals surface area (Å²) in [5.41, 5.74) is 7.10. The number of hydrogen-bond acceptors (Lipinski definition) is 6. The van der Waals surface area contributed by atoms with E-state index in [1.807, 2.05) is 83.5 Å². The number of tetrazole rings is 1. The van der Waals surface area contributed by atoms with Crippen molar-refractivity contribution in [3.05, 3.63) is 144 Å². The van der Waals surface area contributed by atoms with Crippen LogP contribution in [0.4, 0.5) is 0 Å². The molecule has 0 radical (unpaired) electrons. The van der Waals surface area contributed by atoms with Gasteiger partial charge in [0.15, 0.2) is 5.82 Å². The second-order valence-electron chi connectivity index (χ2n) is 11.5. The Bertz CT molecular complexity index is 1860. The van der Waals surface area contributed by atoms with E-state index in [4.69, 9.17) is 14.2 Å². The highest BCUT2D eigenvalue weighted by atomic mass is 16.5. The molecule has 0 fully saturated rings. The third-order valence-electron chi connectivity index (χ3n) is 7.96. The lowest BCUT2D eigenvalue weighted by molar-refractivity contribution is 0.291. The molecule has 232 valence electrons. The maximum Gasteiger partial charge on any atom is 0.185 e. The zero-order chi connectivity index (χ0) is 31.7. The largest absolute Gasteiger partial charge is 0.496 e. The molecule has 0 aliphatic rings. The van der Waals surface area contributed by atoms with Gasteiger partial charge in [0.1, 0.15) is 30.5 Å². The molecule has 0 aliphatic carbocycles. The summed E-state index contributed by atoms with van der Waals surface area (Å²) < 4.78 is 20.9. The van der Waals surface area contributed by atoms with E-state index in [1.54, 1.807) is 7.11 Å². The Hall–Kier alpha value is -5.43. The molecule has 1 aromatic heterocycles. The monoisotopic (exact) mass is 610 g/mol. The van der Waals surface area contributed by atoms with Crippen molar-refractivity contribution in [1.82, 2.24) is 20.2 Å². The van der Waals surface area contributed by atoms with Gasteiger partial charge < -0.3 is 14.2 Å². The summed E-state index contributed by atoms with van der Waals surface area (Å²) in [6.07, 6.45) is 0.786. The summed E-state index contributed by atoms with van der Waals surface area (Å²) in [5.74, 6) is 3.01. The number of nitrogens with zero attached hydrogens (tertiary/aromatic N) is 4. The van der Waals surface area contributed by atoms with Gasteiger partial charge in [0.2, 0.25) is 0 Å². The van der Waals surface area contributed by atoms with Crippen molar-refractivity contribution < 1.29 is 14.2 Å². The van der Waals surface area contributed by atoms with Crippen LogP contribution in [0.3, 0.4) is 0 Å². The van der Waals surface area contributed by atoms with Crippen LogP contribution in [0.2, 0.25) is 0 Å². The minimum Gasteiger partial charge on any atom is -0.496 e. The van der Waals surface area contributed by atoms with Gasteiger partial charge in [-0.2, -0.15) is 0 Å². The van der Waals surface area contributed by atoms with E-state index in [0.717, 1.165) is 40.0 Å². The van der Waals surface area contributed by atoms with Crippen molar-refractivity contribution in [3.63, 3.8) is 0 Å². The van der Waals surface area contributed by atoms with Crippen LogP contribution in [0.25, 0.3) is 22.5 Å². The highest BCUT2D eigenvalue weighted by molar-refractivity contribution is 5.83. The fourth-order valence-electron chi connectivity index (χ4n) is 5.38. The Kier molecular flexibility index (Phi) is 9.69. The second-order valence-corrected chi connectivity index (χ2v) is 11.5. The van der Waals surface area contributed by atoms with Crippen molar-refractivity contribution in [3.8, 4) is 39.8 Å². The van der Waals surface area contributed by atoms with Gasteiger partial charge in [-0.15, -0.1) is 5.10 Å². The third-order valence-corrected chi connectivity index (χ3v) is 7.96. The van der Waals surface area contributed by atoms with E-state index in [2.05, 4.69) is 71.8 Å². The van der Waals surface area contributed by atoms with E-state index in [-0.39, 0.29) is 0 Å².